The molecule has 2 nitrogen and oxygen atoms in total. The van der Waals surface area contributed by atoms with Crippen LogP contribution in [0.3, 0.4) is 0 Å². The Hall–Kier alpha value is -0.740. The molecule has 0 radical (unpaired) electrons. The Morgan fingerprint density at radius 1 is 1.53 bits per heavy atom. The van der Waals surface area contributed by atoms with E-state index in [9.17, 15) is 4.39 Å². The fraction of sp³-hybridized carbons (Fsp3) is 0.417. The predicted octanol–water partition coefficient (Wildman–Crippen LogP) is 4.02. The summed E-state index contributed by atoms with van der Waals surface area (Å²) in [5, 5.41) is 3.88. The van der Waals surface area contributed by atoms with Crippen LogP contribution >= 0.6 is 23.4 Å². The summed E-state index contributed by atoms with van der Waals surface area (Å²) < 4.78 is 13.7. The molecule has 1 heterocycles. The first kappa shape index (κ1) is 12.7. The van der Waals surface area contributed by atoms with E-state index in [0.29, 0.717) is 17.6 Å². The highest BCUT2D eigenvalue weighted by atomic mass is 35.5. The monoisotopic (exact) mass is 272 g/mol. The highest BCUT2D eigenvalue weighted by Crippen LogP contribution is 2.27. The summed E-state index contributed by atoms with van der Waals surface area (Å²) in [6.45, 7) is 4.27. The van der Waals surface area contributed by atoms with Gasteiger partial charge in [0.2, 0.25) is 0 Å². The average Bonchev–Trinajstić information content (AvgIpc) is 2.73. The summed E-state index contributed by atoms with van der Waals surface area (Å²) in [6, 6.07) is 5.22. The summed E-state index contributed by atoms with van der Waals surface area (Å²) in [6.07, 6.45) is 0. The van der Waals surface area contributed by atoms with Gasteiger partial charge in [0.1, 0.15) is 0 Å². The number of benzene rings is 1. The van der Waals surface area contributed by atoms with Gasteiger partial charge in [0.25, 0.3) is 0 Å². The van der Waals surface area contributed by atoms with Gasteiger partial charge in [-0.25, -0.2) is 4.39 Å². The van der Waals surface area contributed by atoms with E-state index in [1.54, 1.807) is 23.9 Å². The van der Waals surface area contributed by atoms with Crippen LogP contribution < -0.4 is 5.32 Å². The van der Waals surface area contributed by atoms with Crippen LogP contribution in [0.5, 0.6) is 0 Å². The number of halogens is 2. The molecule has 1 atom stereocenters. The predicted molar refractivity (Wildman–Crippen MR) is 73.6 cm³/mol. The minimum atomic E-state index is -0.425. The molecule has 1 N–H and O–H groups in total. The number of hydrogen-bond donors (Lipinski definition) is 1. The van der Waals surface area contributed by atoms with Gasteiger partial charge in [-0.1, -0.05) is 43.3 Å². The van der Waals surface area contributed by atoms with Crippen LogP contribution in [-0.4, -0.2) is 17.0 Å². The lowest BCUT2D eigenvalue weighted by molar-refractivity contribution is 0.543. The van der Waals surface area contributed by atoms with E-state index in [-0.39, 0.29) is 5.02 Å². The molecule has 0 amide bonds. The van der Waals surface area contributed by atoms with Gasteiger partial charge >= 0.3 is 0 Å². The Balaban J connectivity index is 2.12. The third-order valence-corrected chi connectivity index (χ3v) is 3.92. The van der Waals surface area contributed by atoms with Gasteiger partial charge in [-0.2, -0.15) is 0 Å². The van der Waals surface area contributed by atoms with E-state index in [1.165, 1.54) is 6.07 Å². The van der Waals surface area contributed by atoms with E-state index >= 15 is 0 Å². The molecule has 1 aromatic carbocycles. The molecular weight excluding hydrogens is 259 g/mol. The molecule has 0 bridgehead atoms. The van der Waals surface area contributed by atoms with Gasteiger partial charge in [-0.3, -0.25) is 4.99 Å². The van der Waals surface area contributed by atoms with E-state index in [2.05, 4.69) is 24.2 Å². The highest BCUT2D eigenvalue weighted by molar-refractivity contribution is 8.14. The average molecular weight is 273 g/mol. The van der Waals surface area contributed by atoms with E-state index in [4.69, 9.17) is 11.6 Å². The summed E-state index contributed by atoms with van der Waals surface area (Å²) >= 11 is 7.33. The maximum absolute atomic E-state index is 13.7. The van der Waals surface area contributed by atoms with Gasteiger partial charge < -0.3 is 5.32 Å². The summed E-state index contributed by atoms with van der Waals surface area (Å²) in [4.78, 5) is 4.51. The van der Waals surface area contributed by atoms with Crippen molar-refractivity contribution >= 4 is 34.2 Å². The van der Waals surface area contributed by atoms with Crippen LogP contribution in [0.2, 0.25) is 5.02 Å². The Morgan fingerprint density at radius 3 is 2.94 bits per heavy atom. The van der Waals surface area contributed by atoms with Crippen molar-refractivity contribution in [2.45, 2.75) is 19.9 Å². The quantitative estimate of drug-likeness (QED) is 0.879. The first-order chi connectivity index (χ1) is 8.08. The lowest BCUT2D eigenvalue weighted by Gasteiger charge is -2.08. The molecule has 2 rings (SSSR count). The fourth-order valence-corrected chi connectivity index (χ4v) is 2.87. The molecule has 1 aromatic rings. The minimum Gasteiger partial charge on any atom is -0.333 e. The Bertz CT molecular complexity index is 448. The molecule has 0 spiro atoms. The second-order valence-electron chi connectivity index (χ2n) is 4.28. The van der Waals surface area contributed by atoms with Crippen molar-refractivity contribution in [1.82, 2.24) is 0 Å². The first-order valence-electron chi connectivity index (χ1n) is 5.49. The van der Waals surface area contributed by atoms with Crippen LogP contribution in [0.15, 0.2) is 23.2 Å². The van der Waals surface area contributed by atoms with Crippen molar-refractivity contribution in [3.8, 4) is 0 Å². The van der Waals surface area contributed by atoms with Crippen molar-refractivity contribution < 1.29 is 4.39 Å². The molecule has 0 aromatic heterocycles. The topological polar surface area (TPSA) is 24.4 Å². The number of rotatable bonds is 2. The molecular formula is C12H14ClFN2S. The van der Waals surface area contributed by atoms with Crippen LogP contribution in [0.25, 0.3) is 0 Å². The van der Waals surface area contributed by atoms with E-state index < -0.39 is 5.82 Å². The molecule has 92 valence electrons. The Kier molecular flexibility index (Phi) is 3.94. The molecule has 17 heavy (non-hydrogen) atoms. The van der Waals surface area contributed by atoms with Gasteiger partial charge in [-0.05, 0) is 18.1 Å². The number of thioether (sulfide) groups is 1. The Morgan fingerprint density at radius 2 is 2.29 bits per heavy atom. The third-order valence-electron chi connectivity index (χ3n) is 2.64. The van der Waals surface area contributed by atoms with E-state index in [1.807, 2.05) is 0 Å². The smallest absolute Gasteiger partial charge is 0.165 e. The van der Waals surface area contributed by atoms with Gasteiger partial charge in [0.05, 0.1) is 16.8 Å². The molecule has 0 aliphatic carbocycles. The van der Waals surface area contributed by atoms with Crippen molar-refractivity contribution in [3.63, 3.8) is 0 Å². The van der Waals surface area contributed by atoms with Crippen molar-refractivity contribution in [2.24, 2.45) is 10.9 Å². The molecule has 5 heteroatoms. The zero-order valence-electron chi connectivity index (χ0n) is 9.71. The number of amidine groups is 1. The summed E-state index contributed by atoms with van der Waals surface area (Å²) in [5.74, 6) is 1.03. The second-order valence-corrected chi connectivity index (χ2v) is 5.70. The number of aliphatic imine (C=N–C) groups is 1. The number of anilines is 1. The first-order valence-corrected chi connectivity index (χ1v) is 6.86. The molecule has 0 saturated carbocycles. The SMILES string of the molecule is CC(C)C1CSC(Nc2cccc(Cl)c2F)=N1. The maximum Gasteiger partial charge on any atom is 0.165 e. The molecule has 0 saturated heterocycles. The zero-order valence-corrected chi connectivity index (χ0v) is 11.3. The third kappa shape index (κ3) is 2.93. The number of nitrogens with zero attached hydrogens (tertiary/aromatic N) is 1. The minimum absolute atomic E-state index is 0.124. The lowest BCUT2D eigenvalue weighted by atomic mass is 10.1. The van der Waals surface area contributed by atoms with Crippen LogP contribution in [0, 0.1) is 11.7 Å². The van der Waals surface area contributed by atoms with Crippen molar-refractivity contribution in [2.75, 3.05) is 11.1 Å². The zero-order chi connectivity index (χ0) is 12.4. The highest BCUT2D eigenvalue weighted by Gasteiger charge is 2.21. The molecule has 1 unspecified atom stereocenters. The van der Waals surface area contributed by atoms with E-state index in [0.717, 1.165) is 10.9 Å². The fourth-order valence-electron chi connectivity index (χ4n) is 1.51. The number of nitrogens with one attached hydrogen (secondary N) is 1. The van der Waals surface area contributed by atoms with Crippen LogP contribution in [0.1, 0.15) is 13.8 Å². The molecule has 1 aliphatic rings. The van der Waals surface area contributed by atoms with Crippen LogP contribution in [-0.2, 0) is 0 Å². The molecule has 0 fully saturated rings. The number of hydrogen-bond acceptors (Lipinski definition) is 3. The van der Waals surface area contributed by atoms with Gasteiger partial charge in [0, 0.05) is 5.75 Å². The second kappa shape index (κ2) is 5.27. The van der Waals surface area contributed by atoms with Crippen molar-refractivity contribution in [1.29, 1.82) is 0 Å². The largest absolute Gasteiger partial charge is 0.333 e. The summed E-state index contributed by atoms with van der Waals surface area (Å²) in [5.41, 5.74) is 0.383. The van der Waals surface area contributed by atoms with Crippen LogP contribution in [0.4, 0.5) is 10.1 Å². The summed E-state index contributed by atoms with van der Waals surface area (Å²) in [7, 11) is 0. The Labute approximate surface area is 110 Å². The molecule has 1 aliphatic heterocycles. The lowest BCUT2D eigenvalue weighted by Crippen LogP contribution is -2.12. The van der Waals surface area contributed by atoms with Gasteiger partial charge in [0.15, 0.2) is 11.0 Å². The van der Waals surface area contributed by atoms with Gasteiger partial charge in [-0.15, -0.1) is 0 Å². The maximum atomic E-state index is 13.7. The van der Waals surface area contributed by atoms with Crippen molar-refractivity contribution in [3.05, 3.63) is 29.0 Å². The normalized spacial score (nSPS) is 19.6. The standard InChI is InChI=1S/C12H14ClFN2S/c1-7(2)10-6-17-12(16-10)15-9-5-3-4-8(13)11(9)14/h3-5,7,10H,6H2,1-2H3,(H,15,16).